The molecule has 0 fully saturated rings. The van der Waals surface area contributed by atoms with E-state index in [1.807, 2.05) is 26.0 Å². The number of esters is 1. The molecule has 0 aliphatic heterocycles. The van der Waals surface area contributed by atoms with Crippen LogP contribution in [-0.4, -0.2) is 12.6 Å². The number of hydrogen-bond acceptors (Lipinski definition) is 2. The molecule has 0 aliphatic carbocycles. The second kappa shape index (κ2) is 14.7. The van der Waals surface area contributed by atoms with Gasteiger partial charge in [-0.15, -0.1) is 23.7 Å². The van der Waals surface area contributed by atoms with Gasteiger partial charge >= 0.3 is 5.97 Å². The normalized spacial score (nSPS) is 11.2. The topological polar surface area (TPSA) is 26.3 Å². The van der Waals surface area contributed by atoms with Crippen LogP contribution < -0.4 is 0 Å². The second-order valence-corrected chi connectivity index (χ2v) is 5.07. The minimum atomic E-state index is -0.139. The van der Waals surface area contributed by atoms with E-state index in [0.717, 1.165) is 38.5 Å². The van der Waals surface area contributed by atoms with E-state index >= 15 is 0 Å². The van der Waals surface area contributed by atoms with Crippen molar-refractivity contribution in [3.8, 4) is 23.7 Å². The van der Waals surface area contributed by atoms with Crippen molar-refractivity contribution in [3.05, 3.63) is 12.2 Å². The molecule has 1 atom stereocenters. The van der Waals surface area contributed by atoms with Crippen LogP contribution >= 0.6 is 0 Å². The summed E-state index contributed by atoms with van der Waals surface area (Å²) in [4.78, 5) is 11.5. The molecule has 0 N–H and O–H groups in total. The Kier molecular flexibility index (Phi) is 13.6. The van der Waals surface area contributed by atoms with E-state index in [9.17, 15) is 4.79 Å². The molecule has 0 aromatic rings. The maximum Gasteiger partial charge on any atom is 0.309 e. The van der Waals surface area contributed by atoms with Crippen molar-refractivity contribution in [1.29, 1.82) is 0 Å². The van der Waals surface area contributed by atoms with E-state index in [2.05, 4.69) is 30.6 Å². The van der Waals surface area contributed by atoms with Crippen molar-refractivity contribution in [2.45, 2.75) is 65.7 Å². The molecule has 0 heterocycles. The molecule has 0 aromatic carbocycles. The zero-order valence-corrected chi connectivity index (χ0v) is 13.7. The SMILES string of the molecule is CC#CCCC/C=C/CC(=O)OCCC(C)CCC#CC. The number of carbonyl (C=O) groups excluding carboxylic acids is 1. The average Bonchev–Trinajstić information content (AvgIpc) is 2.46. The molecule has 0 saturated carbocycles. The highest BCUT2D eigenvalue weighted by Gasteiger charge is 2.04. The predicted molar refractivity (Wildman–Crippen MR) is 88.5 cm³/mol. The van der Waals surface area contributed by atoms with Crippen LogP contribution in [0.3, 0.4) is 0 Å². The number of rotatable bonds is 10. The van der Waals surface area contributed by atoms with Crippen LogP contribution in [0.2, 0.25) is 0 Å². The van der Waals surface area contributed by atoms with Crippen LogP contribution in [0, 0.1) is 29.6 Å². The molecule has 0 radical (unpaired) electrons. The first-order chi connectivity index (χ1) is 10.2. The summed E-state index contributed by atoms with van der Waals surface area (Å²) in [6.45, 7) is 6.39. The molecule has 0 rings (SSSR count). The zero-order valence-electron chi connectivity index (χ0n) is 13.7. The first-order valence-electron chi connectivity index (χ1n) is 7.80. The van der Waals surface area contributed by atoms with Gasteiger partial charge < -0.3 is 4.74 Å². The number of ether oxygens (including phenoxy) is 1. The predicted octanol–water partition coefficient (Wildman–Crippen LogP) is 4.50. The maximum atomic E-state index is 11.5. The monoisotopic (exact) mass is 288 g/mol. The summed E-state index contributed by atoms with van der Waals surface area (Å²) in [5.41, 5.74) is 0. The van der Waals surface area contributed by atoms with Gasteiger partial charge in [0.05, 0.1) is 13.0 Å². The number of unbranched alkanes of at least 4 members (excludes halogenated alkanes) is 2. The number of hydrogen-bond donors (Lipinski definition) is 0. The third-order valence-electron chi connectivity index (χ3n) is 3.11. The fourth-order valence-corrected chi connectivity index (χ4v) is 1.75. The lowest BCUT2D eigenvalue weighted by molar-refractivity contribution is -0.142. The van der Waals surface area contributed by atoms with Gasteiger partial charge in [-0.3, -0.25) is 4.79 Å². The minimum Gasteiger partial charge on any atom is -0.465 e. The number of allylic oxidation sites excluding steroid dienone is 1. The van der Waals surface area contributed by atoms with E-state index < -0.39 is 0 Å². The molecule has 0 spiro atoms. The molecular weight excluding hydrogens is 260 g/mol. The van der Waals surface area contributed by atoms with Crippen LogP contribution in [0.25, 0.3) is 0 Å². The summed E-state index contributed by atoms with van der Waals surface area (Å²) in [6.07, 6.45) is 10.1. The summed E-state index contributed by atoms with van der Waals surface area (Å²) in [6, 6.07) is 0. The molecule has 2 heteroatoms. The molecule has 0 aromatic heterocycles. The first-order valence-corrected chi connectivity index (χ1v) is 7.80. The van der Waals surface area contributed by atoms with E-state index in [1.54, 1.807) is 0 Å². The van der Waals surface area contributed by atoms with Crippen molar-refractivity contribution >= 4 is 5.97 Å². The molecule has 2 nitrogen and oxygen atoms in total. The van der Waals surface area contributed by atoms with E-state index in [1.165, 1.54) is 0 Å². The highest BCUT2D eigenvalue weighted by Crippen LogP contribution is 2.10. The summed E-state index contributed by atoms with van der Waals surface area (Å²) in [7, 11) is 0. The van der Waals surface area contributed by atoms with Gasteiger partial charge in [0.2, 0.25) is 0 Å². The van der Waals surface area contributed by atoms with Crippen LogP contribution in [0.1, 0.15) is 65.7 Å². The Bertz CT molecular complexity index is 412. The summed E-state index contributed by atoms with van der Waals surface area (Å²) in [5.74, 6) is 12.2. The lowest BCUT2D eigenvalue weighted by atomic mass is 10.0. The molecule has 0 aliphatic rings. The van der Waals surface area contributed by atoms with E-state index in [0.29, 0.717) is 18.9 Å². The van der Waals surface area contributed by atoms with Crippen molar-refractivity contribution in [3.63, 3.8) is 0 Å². The minimum absolute atomic E-state index is 0.139. The molecule has 21 heavy (non-hydrogen) atoms. The third kappa shape index (κ3) is 14.5. The van der Waals surface area contributed by atoms with Crippen LogP contribution in [0.5, 0.6) is 0 Å². The Balaban J connectivity index is 3.53. The van der Waals surface area contributed by atoms with Gasteiger partial charge in [-0.05, 0) is 45.4 Å². The fourth-order valence-electron chi connectivity index (χ4n) is 1.75. The molecular formula is C19H28O2. The first kappa shape index (κ1) is 19.3. The van der Waals surface area contributed by atoms with Gasteiger partial charge in [-0.1, -0.05) is 19.1 Å². The van der Waals surface area contributed by atoms with E-state index in [-0.39, 0.29) is 5.97 Å². The zero-order chi connectivity index (χ0) is 15.8. The Morgan fingerprint density at radius 2 is 1.81 bits per heavy atom. The molecule has 0 amide bonds. The van der Waals surface area contributed by atoms with Crippen molar-refractivity contribution < 1.29 is 9.53 Å². The highest BCUT2D eigenvalue weighted by atomic mass is 16.5. The average molecular weight is 288 g/mol. The van der Waals surface area contributed by atoms with E-state index in [4.69, 9.17) is 4.74 Å². The Morgan fingerprint density at radius 3 is 2.52 bits per heavy atom. The lowest BCUT2D eigenvalue weighted by Gasteiger charge is -2.09. The molecule has 0 bridgehead atoms. The third-order valence-corrected chi connectivity index (χ3v) is 3.11. The lowest BCUT2D eigenvalue weighted by Crippen LogP contribution is -2.07. The van der Waals surface area contributed by atoms with Gasteiger partial charge in [-0.25, -0.2) is 0 Å². The smallest absolute Gasteiger partial charge is 0.309 e. The number of carbonyl (C=O) groups is 1. The van der Waals surface area contributed by atoms with Gasteiger partial charge in [0.15, 0.2) is 0 Å². The van der Waals surface area contributed by atoms with Gasteiger partial charge in [0.1, 0.15) is 0 Å². The standard InChI is InChI=1S/C19H28O2/c1-4-6-8-9-10-11-13-15-19(20)21-17-16-18(3)14-12-7-5-2/h11,13,18H,8-10,12,14-17H2,1-3H3/b13-11+. The highest BCUT2D eigenvalue weighted by molar-refractivity contribution is 5.71. The van der Waals surface area contributed by atoms with Crippen LogP contribution in [0.4, 0.5) is 0 Å². The molecule has 1 unspecified atom stereocenters. The van der Waals surface area contributed by atoms with Crippen molar-refractivity contribution in [2.75, 3.05) is 6.61 Å². The van der Waals surface area contributed by atoms with Crippen LogP contribution in [-0.2, 0) is 9.53 Å². The van der Waals surface area contributed by atoms with Gasteiger partial charge in [-0.2, -0.15) is 0 Å². The largest absolute Gasteiger partial charge is 0.465 e. The van der Waals surface area contributed by atoms with Crippen LogP contribution in [0.15, 0.2) is 12.2 Å². The summed E-state index contributed by atoms with van der Waals surface area (Å²) in [5, 5.41) is 0. The Labute approximate surface area is 130 Å². The quantitative estimate of drug-likeness (QED) is 0.256. The summed E-state index contributed by atoms with van der Waals surface area (Å²) >= 11 is 0. The Morgan fingerprint density at radius 1 is 1.10 bits per heavy atom. The molecule has 116 valence electrons. The summed E-state index contributed by atoms with van der Waals surface area (Å²) < 4.78 is 5.22. The van der Waals surface area contributed by atoms with Gasteiger partial charge in [0.25, 0.3) is 0 Å². The maximum absolute atomic E-state index is 11.5. The van der Waals surface area contributed by atoms with Crippen molar-refractivity contribution in [2.24, 2.45) is 5.92 Å². The molecule has 0 saturated heterocycles. The van der Waals surface area contributed by atoms with Gasteiger partial charge in [0, 0.05) is 12.8 Å². The fraction of sp³-hybridized carbons (Fsp3) is 0.632. The Hall–Kier alpha value is -1.67. The second-order valence-electron chi connectivity index (χ2n) is 5.07. The van der Waals surface area contributed by atoms with Crippen molar-refractivity contribution in [1.82, 2.24) is 0 Å².